The van der Waals surface area contributed by atoms with Crippen molar-refractivity contribution in [3.05, 3.63) is 28.8 Å². The molecule has 5 nitrogen and oxygen atoms in total. The van der Waals surface area contributed by atoms with Gasteiger partial charge in [0.15, 0.2) is 6.61 Å². The van der Waals surface area contributed by atoms with E-state index in [4.69, 9.17) is 9.84 Å². The first-order valence-electron chi connectivity index (χ1n) is 7.65. The Balaban J connectivity index is 2.15. The number of nitrogens with one attached hydrogen (secondary N) is 1. The van der Waals surface area contributed by atoms with Crippen molar-refractivity contribution in [2.75, 3.05) is 6.61 Å². The van der Waals surface area contributed by atoms with E-state index in [9.17, 15) is 9.59 Å². The van der Waals surface area contributed by atoms with Crippen LogP contribution in [0.1, 0.15) is 54.1 Å². The van der Waals surface area contributed by atoms with Crippen molar-refractivity contribution in [3.63, 3.8) is 0 Å². The molecule has 0 aliphatic heterocycles. The second-order valence-electron chi connectivity index (χ2n) is 6.06. The molecule has 0 unspecified atom stereocenters. The number of ether oxygens (including phenoxy) is 1. The number of carboxylic acid groups (broad SMARTS) is 1. The molecule has 1 aromatic rings. The minimum atomic E-state index is -1.02. The maximum Gasteiger partial charge on any atom is 0.341 e. The third kappa shape index (κ3) is 3.40. The Bertz CT molecular complexity index is 562. The summed E-state index contributed by atoms with van der Waals surface area (Å²) in [5.74, 6) is -0.555. The predicted octanol–water partition coefficient (Wildman–Crippen LogP) is 2.83. The van der Waals surface area contributed by atoms with Gasteiger partial charge in [-0.3, -0.25) is 4.79 Å². The van der Waals surface area contributed by atoms with Gasteiger partial charge in [-0.2, -0.15) is 0 Å². The van der Waals surface area contributed by atoms with E-state index in [2.05, 4.69) is 12.2 Å². The van der Waals surface area contributed by atoms with E-state index >= 15 is 0 Å². The fraction of sp³-hybridized carbons (Fsp3) is 0.529. The molecule has 0 atom stereocenters. The number of aliphatic carboxylic acids is 1. The van der Waals surface area contributed by atoms with Gasteiger partial charge in [-0.25, -0.2) is 4.79 Å². The Morgan fingerprint density at radius 2 is 1.86 bits per heavy atom. The summed E-state index contributed by atoms with van der Waals surface area (Å²) in [5.41, 5.74) is 2.09. The number of hydrogen-bond donors (Lipinski definition) is 2. The Morgan fingerprint density at radius 3 is 2.27 bits per heavy atom. The van der Waals surface area contributed by atoms with Crippen LogP contribution in [0.15, 0.2) is 12.1 Å². The van der Waals surface area contributed by atoms with Gasteiger partial charge in [-0.05, 0) is 62.8 Å². The minimum Gasteiger partial charge on any atom is -0.481 e. The molecule has 0 spiro atoms. The van der Waals surface area contributed by atoms with Gasteiger partial charge >= 0.3 is 5.97 Å². The molecule has 1 aliphatic rings. The zero-order valence-electron chi connectivity index (χ0n) is 13.4. The lowest BCUT2D eigenvalue weighted by Gasteiger charge is -2.42. The van der Waals surface area contributed by atoms with Crippen LogP contribution >= 0.6 is 0 Å². The number of hydrogen-bond acceptors (Lipinski definition) is 3. The summed E-state index contributed by atoms with van der Waals surface area (Å²) in [4.78, 5) is 23.1. The maximum absolute atomic E-state index is 12.4. The molecule has 5 heteroatoms. The fourth-order valence-electron chi connectivity index (χ4n) is 2.93. The largest absolute Gasteiger partial charge is 0.481 e. The highest BCUT2D eigenvalue weighted by Gasteiger charge is 2.36. The van der Waals surface area contributed by atoms with Crippen LogP contribution in [0.25, 0.3) is 0 Å². The molecule has 0 saturated heterocycles. The summed E-state index contributed by atoms with van der Waals surface area (Å²) in [7, 11) is 0. The molecule has 1 amide bonds. The second-order valence-corrected chi connectivity index (χ2v) is 6.06. The van der Waals surface area contributed by atoms with Gasteiger partial charge in [-0.1, -0.05) is 6.92 Å². The van der Waals surface area contributed by atoms with Crippen molar-refractivity contribution in [2.24, 2.45) is 0 Å². The number of amides is 1. The van der Waals surface area contributed by atoms with Crippen molar-refractivity contribution in [2.45, 2.75) is 52.0 Å². The zero-order valence-corrected chi connectivity index (χ0v) is 13.4. The number of carboxylic acids is 1. The van der Waals surface area contributed by atoms with Crippen LogP contribution in [0, 0.1) is 13.8 Å². The Labute approximate surface area is 130 Å². The second kappa shape index (κ2) is 6.38. The number of carbonyl (C=O) groups excluding carboxylic acids is 1. The Hall–Kier alpha value is -2.04. The summed E-state index contributed by atoms with van der Waals surface area (Å²) >= 11 is 0. The Morgan fingerprint density at radius 1 is 1.27 bits per heavy atom. The Kier molecular flexibility index (Phi) is 4.74. The van der Waals surface area contributed by atoms with Crippen LogP contribution in [0.5, 0.6) is 5.75 Å². The third-order valence-electron chi connectivity index (χ3n) is 4.43. The van der Waals surface area contributed by atoms with Crippen molar-refractivity contribution in [1.29, 1.82) is 0 Å². The maximum atomic E-state index is 12.4. The predicted molar refractivity (Wildman–Crippen MR) is 83.4 cm³/mol. The van der Waals surface area contributed by atoms with E-state index in [0.717, 1.165) is 36.8 Å². The average Bonchev–Trinajstić information content (AvgIpc) is 2.41. The third-order valence-corrected chi connectivity index (χ3v) is 4.43. The molecule has 2 rings (SSSR count). The van der Waals surface area contributed by atoms with Crippen LogP contribution in [0.2, 0.25) is 0 Å². The molecular formula is C17H23NO4. The van der Waals surface area contributed by atoms with Gasteiger partial charge in [0, 0.05) is 11.1 Å². The van der Waals surface area contributed by atoms with Crippen LogP contribution in [-0.4, -0.2) is 29.1 Å². The molecule has 0 radical (unpaired) electrons. The molecule has 0 heterocycles. The molecule has 0 bridgehead atoms. The first kappa shape index (κ1) is 16.3. The topological polar surface area (TPSA) is 75.6 Å². The van der Waals surface area contributed by atoms with Crippen LogP contribution in [-0.2, 0) is 4.79 Å². The smallest absolute Gasteiger partial charge is 0.341 e. The lowest BCUT2D eigenvalue weighted by atomic mass is 9.74. The molecular weight excluding hydrogens is 282 g/mol. The number of aryl methyl sites for hydroxylation is 2. The fourth-order valence-corrected chi connectivity index (χ4v) is 2.93. The van der Waals surface area contributed by atoms with Crippen molar-refractivity contribution in [3.8, 4) is 5.75 Å². The molecule has 1 saturated carbocycles. The van der Waals surface area contributed by atoms with E-state index in [-0.39, 0.29) is 18.1 Å². The van der Waals surface area contributed by atoms with E-state index < -0.39 is 5.97 Å². The van der Waals surface area contributed by atoms with E-state index in [0.29, 0.717) is 11.3 Å². The van der Waals surface area contributed by atoms with Gasteiger partial charge < -0.3 is 15.2 Å². The molecule has 1 aliphatic carbocycles. The highest BCUT2D eigenvalue weighted by molar-refractivity contribution is 5.95. The van der Waals surface area contributed by atoms with Crippen molar-refractivity contribution >= 4 is 11.9 Å². The quantitative estimate of drug-likeness (QED) is 0.847. The van der Waals surface area contributed by atoms with Gasteiger partial charge in [0.05, 0.1) is 0 Å². The van der Waals surface area contributed by atoms with Crippen LogP contribution in [0.3, 0.4) is 0 Å². The standard InChI is InChI=1S/C17H23NO4/c1-4-17(6-5-7-17)18-16(21)13-8-11(2)15(12(3)9-13)22-10-14(19)20/h8-9H,4-7,10H2,1-3H3,(H,18,21)(H,19,20). The van der Waals surface area contributed by atoms with Gasteiger partial charge in [0.1, 0.15) is 5.75 Å². The highest BCUT2D eigenvalue weighted by Crippen LogP contribution is 2.35. The van der Waals surface area contributed by atoms with Crippen molar-refractivity contribution < 1.29 is 19.4 Å². The number of carbonyl (C=O) groups is 2. The summed E-state index contributed by atoms with van der Waals surface area (Å²) in [6.07, 6.45) is 4.17. The summed E-state index contributed by atoms with van der Waals surface area (Å²) in [6, 6.07) is 3.50. The minimum absolute atomic E-state index is 0.0443. The van der Waals surface area contributed by atoms with Gasteiger partial charge in [-0.15, -0.1) is 0 Å². The zero-order chi connectivity index (χ0) is 16.3. The van der Waals surface area contributed by atoms with E-state index in [1.807, 2.05) is 13.8 Å². The first-order valence-corrected chi connectivity index (χ1v) is 7.65. The first-order chi connectivity index (χ1) is 10.4. The molecule has 1 aromatic carbocycles. The van der Waals surface area contributed by atoms with E-state index in [1.165, 1.54) is 0 Å². The molecule has 0 aromatic heterocycles. The molecule has 2 N–H and O–H groups in total. The van der Waals surface area contributed by atoms with E-state index in [1.54, 1.807) is 12.1 Å². The van der Waals surface area contributed by atoms with Gasteiger partial charge in [0.2, 0.25) is 0 Å². The summed E-state index contributed by atoms with van der Waals surface area (Å²) in [5, 5.41) is 11.8. The highest BCUT2D eigenvalue weighted by atomic mass is 16.5. The molecule has 1 fully saturated rings. The normalized spacial score (nSPS) is 15.8. The molecule has 120 valence electrons. The monoisotopic (exact) mass is 305 g/mol. The lowest BCUT2D eigenvalue weighted by molar-refractivity contribution is -0.139. The molecule has 22 heavy (non-hydrogen) atoms. The summed E-state index contributed by atoms with van der Waals surface area (Å²) < 4.78 is 5.29. The van der Waals surface area contributed by atoms with Gasteiger partial charge in [0.25, 0.3) is 5.91 Å². The lowest BCUT2D eigenvalue weighted by Crippen LogP contribution is -2.53. The number of benzene rings is 1. The number of rotatable bonds is 6. The average molecular weight is 305 g/mol. The van der Waals surface area contributed by atoms with Crippen molar-refractivity contribution in [1.82, 2.24) is 5.32 Å². The SMILES string of the molecule is CCC1(NC(=O)c2cc(C)c(OCC(=O)O)c(C)c2)CCC1. The summed E-state index contributed by atoms with van der Waals surface area (Å²) in [6.45, 7) is 5.35. The van der Waals surface area contributed by atoms with Crippen LogP contribution < -0.4 is 10.1 Å². The van der Waals surface area contributed by atoms with Crippen LogP contribution in [0.4, 0.5) is 0 Å².